The van der Waals surface area contributed by atoms with Gasteiger partial charge in [0.1, 0.15) is 5.82 Å². The molecule has 0 amide bonds. The van der Waals surface area contributed by atoms with E-state index in [4.69, 9.17) is 11.6 Å². The van der Waals surface area contributed by atoms with E-state index in [0.29, 0.717) is 17.3 Å². The third kappa shape index (κ3) is 2.67. The van der Waals surface area contributed by atoms with Crippen LogP contribution in [0.25, 0.3) is 10.9 Å². The molecule has 0 fully saturated rings. The zero-order chi connectivity index (χ0) is 14.1. The Labute approximate surface area is 129 Å². The summed E-state index contributed by atoms with van der Waals surface area (Å²) in [5, 5.41) is 4.88. The minimum Gasteiger partial charge on any atom is -0.378 e. The van der Waals surface area contributed by atoms with Gasteiger partial charge in [0, 0.05) is 33.1 Å². The number of anilines is 1. The summed E-state index contributed by atoms with van der Waals surface area (Å²) in [5.74, 6) is -0.268. The van der Waals surface area contributed by atoms with Gasteiger partial charge >= 0.3 is 0 Å². The van der Waals surface area contributed by atoms with E-state index in [0.717, 1.165) is 20.9 Å². The van der Waals surface area contributed by atoms with Crippen LogP contribution in [0.1, 0.15) is 5.56 Å². The lowest BCUT2D eigenvalue weighted by atomic mass is 10.1. The first-order valence-electron chi connectivity index (χ1n) is 6.08. The lowest BCUT2D eigenvalue weighted by Crippen LogP contribution is -2.00. The van der Waals surface area contributed by atoms with Crippen LogP contribution >= 0.6 is 27.5 Å². The fourth-order valence-corrected chi connectivity index (χ4v) is 2.66. The Balaban J connectivity index is 1.85. The first kappa shape index (κ1) is 13.5. The SMILES string of the molecule is Fc1ccc(Br)cc1NCc1c[nH]c2cc(Cl)ccc12. The maximum atomic E-state index is 13.7. The van der Waals surface area contributed by atoms with Gasteiger partial charge in [-0.05, 0) is 35.9 Å². The number of hydrogen-bond acceptors (Lipinski definition) is 1. The van der Waals surface area contributed by atoms with Gasteiger partial charge in [-0.2, -0.15) is 0 Å². The normalized spacial score (nSPS) is 10.9. The summed E-state index contributed by atoms with van der Waals surface area (Å²) in [6.07, 6.45) is 1.91. The second kappa shape index (κ2) is 5.46. The number of aromatic nitrogens is 1. The highest BCUT2D eigenvalue weighted by Crippen LogP contribution is 2.24. The molecule has 1 aromatic heterocycles. The first-order valence-corrected chi connectivity index (χ1v) is 7.25. The van der Waals surface area contributed by atoms with Gasteiger partial charge in [-0.15, -0.1) is 0 Å². The van der Waals surface area contributed by atoms with Crippen molar-refractivity contribution in [3.05, 3.63) is 63.5 Å². The average Bonchev–Trinajstić information content (AvgIpc) is 2.82. The van der Waals surface area contributed by atoms with E-state index < -0.39 is 0 Å². The summed E-state index contributed by atoms with van der Waals surface area (Å²) in [6, 6.07) is 10.5. The minimum atomic E-state index is -0.268. The van der Waals surface area contributed by atoms with Crippen LogP contribution in [0.4, 0.5) is 10.1 Å². The molecule has 0 unspecified atom stereocenters. The molecule has 2 N–H and O–H groups in total. The smallest absolute Gasteiger partial charge is 0.146 e. The van der Waals surface area contributed by atoms with Crippen molar-refractivity contribution >= 4 is 44.1 Å². The van der Waals surface area contributed by atoms with Crippen LogP contribution in [0.15, 0.2) is 47.1 Å². The second-order valence-corrected chi connectivity index (χ2v) is 5.83. The molecular weight excluding hydrogens is 343 g/mol. The fourth-order valence-electron chi connectivity index (χ4n) is 2.13. The Hall–Kier alpha value is -1.52. The summed E-state index contributed by atoms with van der Waals surface area (Å²) < 4.78 is 14.5. The van der Waals surface area contributed by atoms with Gasteiger partial charge in [-0.25, -0.2) is 4.39 Å². The molecule has 0 aliphatic rings. The summed E-state index contributed by atoms with van der Waals surface area (Å²) in [4.78, 5) is 3.16. The number of fused-ring (bicyclic) bond motifs is 1. The van der Waals surface area contributed by atoms with E-state index in [1.54, 1.807) is 12.1 Å². The van der Waals surface area contributed by atoms with Crippen LogP contribution < -0.4 is 5.32 Å². The maximum Gasteiger partial charge on any atom is 0.146 e. The third-order valence-electron chi connectivity index (χ3n) is 3.13. The first-order chi connectivity index (χ1) is 9.63. The lowest BCUT2D eigenvalue weighted by molar-refractivity contribution is 0.630. The summed E-state index contributed by atoms with van der Waals surface area (Å²) in [6.45, 7) is 0.537. The molecule has 1 heterocycles. The van der Waals surface area contributed by atoms with Crippen molar-refractivity contribution in [2.24, 2.45) is 0 Å². The zero-order valence-corrected chi connectivity index (χ0v) is 12.7. The van der Waals surface area contributed by atoms with E-state index in [1.807, 2.05) is 24.4 Å². The van der Waals surface area contributed by atoms with Crippen molar-refractivity contribution in [3.63, 3.8) is 0 Å². The van der Waals surface area contributed by atoms with Gasteiger partial charge in [0.25, 0.3) is 0 Å². The number of nitrogens with one attached hydrogen (secondary N) is 2. The van der Waals surface area contributed by atoms with Crippen LogP contribution in [0.5, 0.6) is 0 Å². The number of aromatic amines is 1. The fraction of sp³-hybridized carbons (Fsp3) is 0.0667. The molecule has 2 aromatic carbocycles. The summed E-state index contributed by atoms with van der Waals surface area (Å²) >= 11 is 9.28. The maximum absolute atomic E-state index is 13.7. The van der Waals surface area contributed by atoms with Crippen molar-refractivity contribution in [2.75, 3.05) is 5.32 Å². The Bertz CT molecular complexity index is 770. The van der Waals surface area contributed by atoms with Crippen LogP contribution in [0.2, 0.25) is 5.02 Å². The van der Waals surface area contributed by atoms with E-state index in [9.17, 15) is 4.39 Å². The number of H-pyrrole nitrogens is 1. The summed E-state index contributed by atoms with van der Waals surface area (Å²) in [5.41, 5.74) is 2.52. The molecule has 0 aliphatic heterocycles. The monoisotopic (exact) mass is 352 g/mol. The van der Waals surface area contributed by atoms with Gasteiger partial charge in [0.15, 0.2) is 0 Å². The highest BCUT2D eigenvalue weighted by molar-refractivity contribution is 9.10. The molecule has 0 spiro atoms. The lowest BCUT2D eigenvalue weighted by Gasteiger charge is -2.07. The molecule has 102 valence electrons. The standard InChI is InChI=1S/C15H11BrClFN2/c16-10-1-4-13(18)15(5-10)20-8-9-7-19-14-6-11(17)2-3-12(9)14/h1-7,19-20H,8H2. The highest BCUT2D eigenvalue weighted by Gasteiger charge is 2.06. The Morgan fingerprint density at radius 1 is 1.20 bits per heavy atom. The number of hydrogen-bond donors (Lipinski definition) is 2. The molecule has 0 saturated heterocycles. The average molecular weight is 354 g/mol. The van der Waals surface area contributed by atoms with Crippen molar-refractivity contribution in [1.29, 1.82) is 0 Å². The zero-order valence-electron chi connectivity index (χ0n) is 10.4. The molecular formula is C15H11BrClFN2. The van der Waals surface area contributed by atoms with Crippen molar-refractivity contribution in [1.82, 2.24) is 4.98 Å². The quantitative estimate of drug-likeness (QED) is 0.654. The predicted molar refractivity (Wildman–Crippen MR) is 84.7 cm³/mol. The Kier molecular flexibility index (Phi) is 3.68. The van der Waals surface area contributed by atoms with Crippen molar-refractivity contribution in [2.45, 2.75) is 6.54 Å². The third-order valence-corrected chi connectivity index (χ3v) is 3.86. The molecule has 0 bridgehead atoms. The van der Waals surface area contributed by atoms with E-state index in [-0.39, 0.29) is 5.82 Å². The molecule has 0 saturated carbocycles. The van der Waals surface area contributed by atoms with E-state index >= 15 is 0 Å². The van der Waals surface area contributed by atoms with Crippen LogP contribution in [0, 0.1) is 5.82 Å². The van der Waals surface area contributed by atoms with Gasteiger partial charge in [0.2, 0.25) is 0 Å². The molecule has 0 atom stereocenters. The molecule has 5 heteroatoms. The minimum absolute atomic E-state index is 0.268. The largest absolute Gasteiger partial charge is 0.378 e. The van der Waals surface area contributed by atoms with Gasteiger partial charge < -0.3 is 10.3 Å². The summed E-state index contributed by atoms with van der Waals surface area (Å²) in [7, 11) is 0. The predicted octanol–water partition coefficient (Wildman–Crippen LogP) is 5.34. The van der Waals surface area contributed by atoms with Gasteiger partial charge in [-0.3, -0.25) is 0 Å². The van der Waals surface area contributed by atoms with Crippen molar-refractivity contribution in [3.8, 4) is 0 Å². The van der Waals surface area contributed by atoms with Crippen LogP contribution in [-0.4, -0.2) is 4.98 Å². The van der Waals surface area contributed by atoms with Gasteiger partial charge in [-0.1, -0.05) is 33.6 Å². The van der Waals surface area contributed by atoms with E-state index in [1.165, 1.54) is 6.07 Å². The van der Waals surface area contributed by atoms with Gasteiger partial charge in [0.05, 0.1) is 5.69 Å². The van der Waals surface area contributed by atoms with Crippen LogP contribution in [-0.2, 0) is 6.54 Å². The second-order valence-electron chi connectivity index (χ2n) is 4.48. The number of rotatable bonds is 3. The Morgan fingerprint density at radius 2 is 2.05 bits per heavy atom. The highest BCUT2D eigenvalue weighted by atomic mass is 79.9. The topological polar surface area (TPSA) is 27.8 Å². The van der Waals surface area contributed by atoms with E-state index in [2.05, 4.69) is 26.2 Å². The molecule has 0 radical (unpaired) electrons. The molecule has 2 nitrogen and oxygen atoms in total. The molecule has 3 rings (SSSR count). The van der Waals surface area contributed by atoms with Crippen molar-refractivity contribution < 1.29 is 4.39 Å². The molecule has 3 aromatic rings. The molecule has 0 aliphatic carbocycles. The number of halogens is 3. The number of benzene rings is 2. The Morgan fingerprint density at radius 3 is 2.90 bits per heavy atom. The molecule has 20 heavy (non-hydrogen) atoms. The van der Waals surface area contributed by atoms with Crippen LogP contribution in [0.3, 0.4) is 0 Å².